The summed E-state index contributed by atoms with van der Waals surface area (Å²) in [7, 11) is 1.45. The zero-order chi connectivity index (χ0) is 7.40. The van der Waals surface area contributed by atoms with Crippen molar-refractivity contribution in [2.24, 2.45) is 5.92 Å². The number of carbonyl (C=O) groups excluding carboxylic acids is 1. The number of nitrogens with one attached hydrogen (secondary N) is 1. The fourth-order valence-corrected chi connectivity index (χ4v) is 1.22. The Bertz CT molecular complexity index is 124. The second-order valence-corrected chi connectivity index (χ2v) is 2.55. The molecule has 0 unspecified atom stereocenters. The number of carbonyl (C=O) groups is 1. The molecule has 3 nitrogen and oxygen atoms in total. The van der Waals surface area contributed by atoms with Gasteiger partial charge < -0.3 is 10.1 Å². The molecule has 0 spiro atoms. The molecule has 0 saturated carbocycles. The molecule has 1 N–H and O–H groups in total. The van der Waals surface area contributed by atoms with E-state index in [1.165, 1.54) is 7.11 Å². The van der Waals surface area contributed by atoms with E-state index in [1.54, 1.807) is 0 Å². The van der Waals surface area contributed by atoms with Crippen molar-refractivity contribution in [3.05, 3.63) is 0 Å². The summed E-state index contributed by atoms with van der Waals surface area (Å²) >= 11 is 0. The van der Waals surface area contributed by atoms with Crippen molar-refractivity contribution in [2.75, 3.05) is 20.2 Å². The predicted molar refractivity (Wildman–Crippen MR) is 43.4 cm³/mol. The molecule has 1 heterocycles. The fraction of sp³-hybridized carbons (Fsp3) is 0.857. The standard InChI is InChI=1S/C7H13NO2.K/c1-10-7(9)6-2-4-8-5-3-6;/h6,8H,2-5H2,1H3;. The van der Waals surface area contributed by atoms with E-state index in [2.05, 4.69) is 10.1 Å². The van der Waals surface area contributed by atoms with Gasteiger partial charge in [-0.3, -0.25) is 4.79 Å². The zero-order valence-corrected chi connectivity index (χ0v) is 10.3. The fourth-order valence-electron chi connectivity index (χ4n) is 1.22. The van der Waals surface area contributed by atoms with Crippen molar-refractivity contribution in [1.29, 1.82) is 0 Å². The average Bonchev–Trinajstić information content (AvgIpc) is 2.05. The number of ether oxygens (including phenoxy) is 1. The van der Waals surface area contributed by atoms with Crippen molar-refractivity contribution in [3.63, 3.8) is 0 Å². The second kappa shape index (κ2) is 6.57. The molecule has 0 aliphatic carbocycles. The topological polar surface area (TPSA) is 38.3 Å². The number of hydrogen-bond acceptors (Lipinski definition) is 3. The largest absolute Gasteiger partial charge is 0.469 e. The van der Waals surface area contributed by atoms with Crippen molar-refractivity contribution < 1.29 is 9.53 Å². The number of rotatable bonds is 1. The van der Waals surface area contributed by atoms with Crippen molar-refractivity contribution >= 4 is 57.4 Å². The molecule has 1 aliphatic heterocycles. The Morgan fingerprint density at radius 1 is 1.45 bits per heavy atom. The first kappa shape index (κ1) is 12.1. The van der Waals surface area contributed by atoms with Crippen LogP contribution in [0.25, 0.3) is 0 Å². The second-order valence-electron chi connectivity index (χ2n) is 2.55. The van der Waals surface area contributed by atoms with Crippen LogP contribution >= 0.6 is 0 Å². The maximum atomic E-state index is 10.9. The van der Waals surface area contributed by atoms with Crippen LogP contribution in [0.1, 0.15) is 12.8 Å². The minimum absolute atomic E-state index is 0. The van der Waals surface area contributed by atoms with Crippen LogP contribution in [-0.2, 0) is 9.53 Å². The molecule has 1 radical (unpaired) electrons. The first-order valence-electron chi connectivity index (χ1n) is 3.63. The molecule has 0 aromatic carbocycles. The summed E-state index contributed by atoms with van der Waals surface area (Å²) < 4.78 is 4.62. The van der Waals surface area contributed by atoms with Crippen LogP contribution in [0, 0.1) is 5.92 Å². The Morgan fingerprint density at radius 3 is 2.45 bits per heavy atom. The number of piperidine rings is 1. The van der Waals surface area contributed by atoms with Crippen LogP contribution in [0.2, 0.25) is 0 Å². The van der Waals surface area contributed by atoms with Crippen molar-refractivity contribution in [2.45, 2.75) is 12.8 Å². The van der Waals surface area contributed by atoms with E-state index < -0.39 is 0 Å². The van der Waals surface area contributed by atoms with Gasteiger partial charge in [0, 0.05) is 51.4 Å². The van der Waals surface area contributed by atoms with Crippen LogP contribution < -0.4 is 5.32 Å². The molecule has 4 heteroatoms. The minimum atomic E-state index is -0.0542. The number of hydrogen-bond donors (Lipinski definition) is 1. The summed E-state index contributed by atoms with van der Waals surface area (Å²) in [4.78, 5) is 10.9. The Morgan fingerprint density at radius 2 is 2.00 bits per heavy atom. The van der Waals surface area contributed by atoms with Crippen LogP contribution in [0.5, 0.6) is 0 Å². The summed E-state index contributed by atoms with van der Waals surface area (Å²) in [5.41, 5.74) is 0. The van der Waals surface area contributed by atoms with Gasteiger partial charge in [-0.25, -0.2) is 0 Å². The van der Waals surface area contributed by atoms with Crippen molar-refractivity contribution in [3.8, 4) is 0 Å². The van der Waals surface area contributed by atoms with E-state index in [9.17, 15) is 4.79 Å². The quantitative estimate of drug-likeness (QED) is 0.450. The van der Waals surface area contributed by atoms with E-state index >= 15 is 0 Å². The summed E-state index contributed by atoms with van der Waals surface area (Å²) in [5, 5.41) is 3.19. The Balaban J connectivity index is 0.000001000. The number of esters is 1. The Hall–Kier alpha value is 1.07. The van der Waals surface area contributed by atoms with Crippen LogP contribution in [0.4, 0.5) is 0 Å². The van der Waals surface area contributed by atoms with E-state index in [1.807, 2.05) is 0 Å². The third-order valence-corrected chi connectivity index (χ3v) is 1.87. The summed E-state index contributed by atoms with van der Waals surface area (Å²) in [6, 6.07) is 0. The molecular weight excluding hydrogens is 169 g/mol. The van der Waals surface area contributed by atoms with Gasteiger partial charge in [-0.2, -0.15) is 0 Å². The van der Waals surface area contributed by atoms with Gasteiger partial charge in [-0.05, 0) is 25.9 Å². The molecule has 0 bridgehead atoms. The van der Waals surface area contributed by atoms with Gasteiger partial charge in [0.05, 0.1) is 13.0 Å². The number of methoxy groups -OCH3 is 1. The summed E-state index contributed by atoms with van der Waals surface area (Å²) in [6.07, 6.45) is 1.85. The zero-order valence-electron chi connectivity index (χ0n) is 7.22. The third kappa shape index (κ3) is 4.01. The van der Waals surface area contributed by atoms with Crippen LogP contribution in [-0.4, -0.2) is 77.6 Å². The van der Waals surface area contributed by atoms with E-state index in [0.717, 1.165) is 25.9 Å². The maximum absolute atomic E-state index is 10.9. The normalized spacial score (nSPS) is 18.6. The molecule has 0 aromatic heterocycles. The third-order valence-electron chi connectivity index (χ3n) is 1.87. The van der Waals surface area contributed by atoms with Gasteiger partial charge in [0.1, 0.15) is 0 Å². The average molecular weight is 182 g/mol. The molecule has 59 valence electrons. The SMILES string of the molecule is COC(=O)C1CCNCC1.[K]. The van der Waals surface area contributed by atoms with E-state index in [4.69, 9.17) is 0 Å². The van der Waals surface area contributed by atoms with Gasteiger partial charge in [-0.15, -0.1) is 0 Å². The van der Waals surface area contributed by atoms with Gasteiger partial charge in [0.15, 0.2) is 0 Å². The predicted octanol–water partition coefficient (Wildman–Crippen LogP) is -0.222. The summed E-state index contributed by atoms with van der Waals surface area (Å²) in [5.74, 6) is 0.0905. The van der Waals surface area contributed by atoms with Gasteiger partial charge >= 0.3 is 5.97 Å². The molecule has 1 fully saturated rings. The molecule has 11 heavy (non-hydrogen) atoms. The van der Waals surface area contributed by atoms with Gasteiger partial charge in [0.25, 0.3) is 0 Å². The van der Waals surface area contributed by atoms with E-state index in [-0.39, 0.29) is 63.3 Å². The van der Waals surface area contributed by atoms with Gasteiger partial charge in [0.2, 0.25) is 0 Å². The van der Waals surface area contributed by atoms with Crippen molar-refractivity contribution in [1.82, 2.24) is 5.32 Å². The Kier molecular flexibility index (Phi) is 7.20. The molecule has 1 aliphatic rings. The molecule has 1 rings (SSSR count). The van der Waals surface area contributed by atoms with E-state index in [0.29, 0.717) is 0 Å². The maximum Gasteiger partial charge on any atom is 0.308 e. The first-order chi connectivity index (χ1) is 4.84. The monoisotopic (exact) mass is 182 g/mol. The molecule has 0 aromatic rings. The summed E-state index contributed by atoms with van der Waals surface area (Å²) in [6.45, 7) is 1.89. The Labute approximate surface area is 110 Å². The molecule has 1 saturated heterocycles. The molecular formula is C7H13KNO2. The molecule has 0 amide bonds. The van der Waals surface area contributed by atoms with Gasteiger partial charge in [-0.1, -0.05) is 0 Å². The molecule has 0 atom stereocenters. The van der Waals surface area contributed by atoms with Crippen LogP contribution in [0.15, 0.2) is 0 Å². The smallest absolute Gasteiger partial charge is 0.308 e. The van der Waals surface area contributed by atoms with Crippen LogP contribution in [0.3, 0.4) is 0 Å². The minimum Gasteiger partial charge on any atom is -0.469 e. The first-order valence-corrected chi connectivity index (χ1v) is 3.63.